The lowest BCUT2D eigenvalue weighted by Gasteiger charge is -2.33. The van der Waals surface area contributed by atoms with Crippen molar-refractivity contribution in [1.29, 1.82) is 5.26 Å². The molecule has 0 atom stereocenters. The summed E-state index contributed by atoms with van der Waals surface area (Å²) < 4.78 is 5.63. The second-order valence-electron chi connectivity index (χ2n) is 4.30. The number of rotatable bonds is 3. The van der Waals surface area contributed by atoms with E-state index in [1.54, 1.807) is 0 Å². The zero-order chi connectivity index (χ0) is 12.1. The van der Waals surface area contributed by atoms with Crippen molar-refractivity contribution in [1.82, 2.24) is 0 Å². The van der Waals surface area contributed by atoms with E-state index in [0.29, 0.717) is 6.10 Å². The van der Waals surface area contributed by atoms with Gasteiger partial charge in [0.05, 0.1) is 17.7 Å². The smallest absolute Gasteiger partial charge is 0.0991 e. The Morgan fingerprint density at radius 1 is 1.29 bits per heavy atom. The van der Waals surface area contributed by atoms with Crippen LogP contribution < -0.4 is 4.90 Å². The molecule has 3 nitrogen and oxygen atoms in total. The first-order valence-corrected chi connectivity index (χ1v) is 6.20. The maximum absolute atomic E-state index is 8.75. The quantitative estimate of drug-likeness (QED) is 0.800. The van der Waals surface area contributed by atoms with Gasteiger partial charge in [0.25, 0.3) is 0 Å². The van der Waals surface area contributed by atoms with E-state index >= 15 is 0 Å². The molecule has 0 aromatic heterocycles. The van der Waals surface area contributed by atoms with E-state index in [0.717, 1.165) is 38.1 Å². The summed E-state index contributed by atoms with van der Waals surface area (Å²) in [5, 5.41) is 8.75. The molecular weight excluding hydrogens is 212 g/mol. The number of hydrogen-bond acceptors (Lipinski definition) is 3. The Bertz CT molecular complexity index is 386. The van der Waals surface area contributed by atoms with Crippen LogP contribution in [0.5, 0.6) is 0 Å². The first kappa shape index (κ1) is 11.9. The van der Waals surface area contributed by atoms with E-state index in [1.807, 2.05) is 31.2 Å². The molecule has 0 unspecified atom stereocenters. The van der Waals surface area contributed by atoms with Gasteiger partial charge in [0, 0.05) is 25.4 Å². The lowest BCUT2D eigenvalue weighted by molar-refractivity contribution is 0.0459. The molecule has 0 saturated carbocycles. The highest BCUT2D eigenvalue weighted by atomic mass is 16.5. The fourth-order valence-corrected chi connectivity index (χ4v) is 2.26. The predicted molar refractivity (Wildman–Crippen MR) is 68.0 cm³/mol. The van der Waals surface area contributed by atoms with Crippen LogP contribution >= 0.6 is 0 Å². The van der Waals surface area contributed by atoms with E-state index in [2.05, 4.69) is 11.0 Å². The zero-order valence-corrected chi connectivity index (χ0v) is 10.2. The van der Waals surface area contributed by atoms with Gasteiger partial charge in [-0.05, 0) is 44.0 Å². The molecule has 0 spiro atoms. The highest BCUT2D eigenvalue weighted by Crippen LogP contribution is 2.21. The van der Waals surface area contributed by atoms with Gasteiger partial charge in [-0.3, -0.25) is 0 Å². The van der Waals surface area contributed by atoms with Gasteiger partial charge in [-0.15, -0.1) is 0 Å². The van der Waals surface area contributed by atoms with Crippen molar-refractivity contribution in [2.24, 2.45) is 0 Å². The zero-order valence-electron chi connectivity index (χ0n) is 10.2. The van der Waals surface area contributed by atoms with Gasteiger partial charge in [-0.25, -0.2) is 0 Å². The van der Waals surface area contributed by atoms with Crippen molar-refractivity contribution in [3.63, 3.8) is 0 Å². The minimum absolute atomic E-state index is 0.426. The Balaban J connectivity index is 1.94. The van der Waals surface area contributed by atoms with Gasteiger partial charge < -0.3 is 9.64 Å². The summed E-state index contributed by atoms with van der Waals surface area (Å²) in [4.78, 5) is 2.36. The number of nitriles is 1. The van der Waals surface area contributed by atoms with Crippen LogP contribution in [-0.2, 0) is 4.74 Å². The van der Waals surface area contributed by atoms with Crippen LogP contribution in [0.3, 0.4) is 0 Å². The van der Waals surface area contributed by atoms with Gasteiger partial charge in [-0.2, -0.15) is 5.26 Å². The monoisotopic (exact) mass is 230 g/mol. The molecule has 1 heterocycles. The summed E-state index contributed by atoms with van der Waals surface area (Å²) in [6.07, 6.45) is 2.61. The van der Waals surface area contributed by atoms with Gasteiger partial charge in [0.15, 0.2) is 0 Å². The molecule has 1 aliphatic heterocycles. The summed E-state index contributed by atoms with van der Waals surface area (Å²) in [5.41, 5.74) is 1.93. The first-order valence-electron chi connectivity index (χ1n) is 6.20. The number of ether oxygens (including phenoxy) is 1. The number of benzene rings is 1. The molecular formula is C14H18N2O. The average Bonchev–Trinajstić information content (AvgIpc) is 2.40. The van der Waals surface area contributed by atoms with Gasteiger partial charge >= 0.3 is 0 Å². The van der Waals surface area contributed by atoms with Crippen molar-refractivity contribution in [2.75, 3.05) is 24.6 Å². The molecule has 0 N–H and O–H groups in total. The van der Waals surface area contributed by atoms with Crippen molar-refractivity contribution >= 4 is 5.69 Å². The topological polar surface area (TPSA) is 36.3 Å². The van der Waals surface area contributed by atoms with Crippen LogP contribution in [0.25, 0.3) is 0 Å². The molecule has 1 fully saturated rings. The van der Waals surface area contributed by atoms with Gasteiger partial charge in [0.1, 0.15) is 0 Å². The van der Waals surface area contributed by atoms with E-state index in [-0.39, 0.29) is 0 Å². The molecule has 1 aromatic carbocycles. The van der Waals surface area contributed by atoms with Crippen molar-refractivity contribution in [2.45, 2.75) is 25.9 Å². The van der Waals surface area contributed by atoms with Crippen molar-refractivity contribution < 1.29 is 4.74 Å². The summed E-state index contributed by atoms with van der Waals surface area (Å²) in [6, 6.07) is 9.95. The van der Waals surface area contributed by atoms with Crippen LogP contribution in [0.1, 0.15) is 25.3 Å². The molecule has 1 saturated heterocycles. The van der Waals surface area contributed by atoms with E-state index in [1.165, 1.54) is 5.69 Å². The number of nitrogens with zero attached hydrogens (tertiary/aromatic N) is 2. The molecule has 0 radical (unpaired) electrons. The Morgan fingerprint density at radius 3 is 2.47 bits per heavy atom. The largest absolute Gasteiger partial charge is 0.378 e. The fraction of sp³-hybridized carbons (Fsp3) is 0.500. The third kappa shape index (κ3) is 2.98. The fourth-order valence-electron chi connectivity index (χ4n) is 2.26. The average molecular weight is 230 g/mol. The molecule has 90 valence electrons. The van der Waals surface area contributed by atoms with Gasteiger partial charge in [-0.1, -0.05) is 0 Å². The highest BCUT2D eigenvalue weighted by Gasteiger charge is 2.19. The maximum Gasteiger partial charge on any atom is 0.0991 e. The molecule has 17 heavy (non-hydrogen) atoms. The predicted octanol–water partition coefficient (Wildman–Crippen LogP) is 2.56. The summed E-state index contributed by atoms with van der Waals surface area (Å²) in [6.45, 7) is 4.93. The van der Waals surface area contributed by atoms with Gasteiger partial charge in [0.2, 0.25) is 0 Å². The third-order valence-electron chi connectivity index (χ3n) is 3.21. The minimum atomic E-state index is 0.426. The van der Waals surface area contributed by atoms with E-state index in [4.69, 9.17) is 10.00 Å². The molecule has 0 bridgehead atoms. The Labute approximate surface area is 103 Å². The summed E-state index contributed by atoms with van der Waals surface area (Å²) in [5.74, 6) is 0. The number of anilines is 1. The summed E-state index contributed by atoms with van der Waals surface area (Å²) >= 11 is 0. The van der Waals surface area contributed by atoms with Crippen molar-refractivity contribution in [3.05, 3.63) is 29.8 Å². The molecule has 1 aliphatic rings. The van der Waals surface area contributed by atoms with Crippen LogP contribution in [0.2, 0.25) is 0 Å². The highest BCUT2D eigenvalue weighted by molar-refractivity contribution is 5.49. The maximum atomic E-state index is 8.75. The SMILES string of the molecule is CCOC1CCN(c2ccc(C#N)cc2)CC1. The van der Waals surface area contributed by atoms with Crippen LogP contribution in [-0.4, -0.2) is 25.8 Å². The summed E-state index contributed by atoms with van der Waals surface area (Å²) in [7, 11) is 0. The molecule has 2 rings (SSSR count). The number of hydrogen-bond donors (Lipinski definition) is 0. The normalized spacial score (nSPS) is 16.8. The minimum Gasteiger partial charge on any atom is -0.378 e. The van der Waals surface area contributed by atoms with Crippen LogP contribution in [0.4, 0.5) is 5.69 Å². The first-order chi connectivity index (χ1) is 8.33. The second kappa shape index (κ2) is 5.70. The van der Waals surface area contributed by atoms with Crippen LogP contribution in [0, 0.1) is 11.3 Å². The van der Waals surface area contributed by atoms with Crippen LogP contribution in [0.15, 0.2) is 24.3 Å². The Hall–Kier alpha value is -1.53. The van der Waals surface area contributed by atoms with Crippen molar-refractivity contribution in [3.8, 4) is 6.07 Å². The van der Waals surface area contributed by atoms with E-state index < -0.39 is 0 Å². The third-order valence-corrected chi connectivity index (χ3v) is 3.21. The number of piperidine rings is 1. The second-order valence-corrected chi connectivity index (χ2v) is 4.30. The Kier molecular flexibility index (Phi) is 4.00. The Morgan fingerprint density at radius 2 is 1.94 bits per heavy atom. The molecule has 0 aliphatic carbocycles. The standard InChI is InChI=1S/C14H18N2O/c1-2-17-14-7-9-16(10-8-14)13-5-3-12(11-15)4-6-13/h3-6,14H,2,7-10H2,1H3. The lowest BCUT2D eigenvalue weighted by Crippen LogP contribution is -2.37. The molecule has 1 aromatic rings. The lowest BCUT2D eigenvalue weighted by atomic mass is 10.1. The molecule has 3 heteroatoms. The molecule has 0 amide bonds. The van der Waals surface area contributed by atoms with E-state index in [9.17, 15) is 0 Å².